The van der Waals surface area contributed by atoms with E-state index in [9.17, 15) is 4.79 Å². The first-order chi connectivity index (χ1) is 9.33. The summed E-state index contributed by atoms with van der Waals surface area (Å²) < 4.78 is 5.28. The second-order valence-corrected chi connectivity index (χ2v) is 5.31. The van der Waals surface area contributed by atoms with Gasteiger partial charge < -0.3 is 15.4 Å². The second-order valence-electron chi connectivity index (χ2n) is 5.31. The lowest BCUT2D eigenvalue weighted by atomic mass is 9.99. The number of benzene rings is 1. The lowest BCUT2D eigenvalue weighted by Gasteiger charge is -2.21. The van der Waals surface area contributed by atoms with Crippen molar-refractivity contribution < 1.29 is 9.53 Å². The van der Waals surface area contributed by atoms with Crippen LogP contribution in [0.15, 0.2) is 18.2 Å². The van der Waals surface area contributed by atoms with E-state index in [0.29, 0.717) is 19.8 Å². The third kappa shape index (κ3) is 3.51. The van der Waals surface area contributed by atoms with Gasteiger partial charge in [-0.25, -0.2) is 0 Å². The molecule has 1 aromatic rings. The number of halogens is 1. The second kappa shape index (κ2) is 7.07. The molecule has 4 nitrogen and oxygen atoms in total. The Morgan fingerprint density at radius 2 is 2.00 bits per heavy atom. The fourth-order valence-electron chi connectivity index (χ4n) is 2.75. The van der Waals surface area contributed by atoms with Crippen LogP contribution in [0.1, 0.15) is 29.5 Å². The van der Waals surface area contributed by atoms with Gasteiger partial charge in [0.1, 0.15) is 0 Å². The van der Waals surface area contributed by atoms with Crippen molar-refractivity contribution in [3.63, 3.8) is 0 Å². The van der Waals surface area contributed by atoms with E-state index in [1.54, 1.807) is 0 Å². The maximum Gasteiger partial charge on any atom is 0.223 e. The lowest BCUT2D eigenvalue weighted by molar-refractivity contribution is -0.128. The van der Waals surface area contributed by atoms with Crippen molar-refractivity contribution >= 4 is 18.3 Å². The van der Waals surface area contributed by atoms with Gasteiger partial charge in [0.15, 0.2) is 0 Å². The van der Waals surface area contributed by atoms with Crippen LogP contribution in [0.25, 0.3) is 0 Å². The van der Waals surface area contributed by atoms with Crippen molar-refractivity contribution in [3.8, 4) is 0 Å². The number of hydrogen-bond acceptors (Lipinski definition) is 3. The molecule has 0 unspecified atom stereocenters. The summed E-state index contributed by atoms with van der Waals surface area (Å²) in [6.07, 6.45) is 1.69. The molecular formula is C15H21ClN2O2. The van der Waals surface area contributed by atoms with Gasteiger partial charge in [0.2, 0.25) is 5.91 Å². The highest BCUT2D eigenvalue weighted by atomic mass is 35.5. The third-order valence-electron chi connectivity index (χ3n) is 3.96. The van der Waals surface area contributed by atoms with Gasteiger partial charge in [0.25, 0.3) is 0 Å². The molecule has 2 aliphatic rings. The number of amides is 1. The van der Waals surface area contributed by atoms with E-state index in [4.69, 9.17) is 4.74 Å². The number of carbonyl (C=O) groups is 1. The average molecular weight is 297 g/mol. The summed E-state index contributed by atoms with van der Waals surface area (Å²) in [5.74, 6) is 0.298. The maximum absolute atomic E-state index is 12.0. The summed E-state index contributed by atoms with van der Waals surface area (Å²) in [5.41, 5.74) is 3.92. The van der Waals surface area contributed by atoms with Gasteiger partial charge in [0.05, 0.1) is 0 Å². The molecule has 0 aromatic heterocycles. The minimum Gasteiger partial charge on any atom is -0.381 e. The van der Waals surface area contributed by atoms with E-state index in [1.165, 1.54) is 16.7 Å². The van der Waals surface area contributed by atoms with Crippen LogP contribution in [0.2, 0.25) is 0 Å². The van der Waals surface area contributed by atoms with Crippen LogP contribution in [0.4, 0.5) is 0 Å². The minimum absolute atomic E-state index is 0. The fourth-order valence-corrected chi connectivity index (χ4v) is 2.75. The van der Waals surface area contributed by atoms with E-state index < -0.39 is 0 Å². The van der Waals surface area contributed by atoms with Crippen LogP contribution in [0, 0.1) is 5.92 Å². The van der Waals surface area contributed by atoms with Crippen molar-refractivity contribution in [2.75, 3.05) is 13.2 Å². The first-order valence-corrected chi connectivity index (χ1v) is 7.00. The summed E-state index contributed by atoms with van der Waals surface area (Å²) in [6.45, 7) is 3.95. The highest BCUT2D eigenvalue weighted by Crippen LogP contribution is 2.18. The highest BCUT2D eigenvalue weighted by molar-refractivity contribution is 5.85. The molecule has 20 heavy (non-hydrogen) atoms. The Kier molecular flexibility index (Phi) is 5.40. The average Bonchev–Trinajstić information content (AvgIpc) is 2.93. The largest absolute Gasteiger partial charge is 0.381 e. The van der Waals surface area contributed by atoms with Gasteiger partial charge in [-0.1, -0.05) is 18.2 Å². The zero-order chi connectivity index (χ0) is 13.1. The molecule has 0 bridgehead atoms. The number of fused-ring (bicyclic) bond motifs is 1. The molecule has 110 valence electrons. The third-order valence-corrected chi connectivity index (χ3v) is 3.96. The van der Waals surface area contributed by atoms with Gasteiger partial charge in [-0.05, 0) is 29.5 Å². The Morgan fingerprint density at radius 3 is 2.80 bits per heavy atom. The predicted octanol–water partition coefficient (Wildman–Crippen LogP) is 1.75. The molecule has 2 aliphatic heterocycles. The van der Waals surface area contributed by atoms with Crippen LogP contribution in [0.5, 0.6) is 0 Å². The van der Waals surface area contributed by atoms with Crippen LogP contribution in [0.3, 0.4) is 0 Å². The first-order valence-electron chi connectivity index (χ1n) is 7.00. The number of hydrogen-bond donors (Lipinski definition) is 2. The van der Waals surface area contributed by atoms with E-state index >= 15 is 0 Å². The Morgan fingerprint density at radius 1 is 1.25 bits per heavy atom. The van der Waals surface area contributed by atoms with Gasteiger partial charge in [-0.15, -0.1) is 12.4 Å². The molecule has 1 fully saturated rings. The molecule has 0 aliphatic carbocycles. The molecule has 2 heterocycles. The Hall–Kier alpha value is -1.10. The molecule has 1 aromatic carbocycles. The van der Waals surface area contributed by atoms with E-state index in [2.05, 4.69) is 28.8 Å². The molecule has 2 N–H and O–H groups in total. The zero-order valence-corrected chi connectivity index (χ0v) is 12.3. The molecular weight excluding hydrogens is 276 g/mol. The van der Waals surface area contributed by atoms with E-state index in [-0.39, 0.29) is 24.2 Å². The van der Waals surface area contributed by atoms with Crippen LogP contribution in [-0.4, -0.2) is 19.1 Å². The number of rotatable bonds is 3. The maximum atomic E-state index is 12.0. The van der Waals surface area contributed by atoms with E-state index in [0.717, 1.165) is 25.9 Å². The summed E-state index contributed by atoms with van der Waals surface area (Å²) in [7, 11) is 0. The summed E-state index contributed by atoms with van der Waals surface area (Å²) in [5, 5.41) is 6.38. The standard InChI is InChI=1S/C15H20N2O2.ClH/c18-15(12-3-5-19-6-4-12)17-8-11-1-2-13-9-16-10-14(13)7-11;/h1-2,7,12,16H,3-6,8-10H2,(H,17,18);1H. The van der Waals surface area contributed by atoms with Crippen molar-refractivity contribution in [1.82, 2.24) is 10.6 Å². The Bertz CT molecular complexity index is 473. The molecule has 0 spiro atoms. The minimum atomic E-state index is 0. The summed E-state index contributed by atoms with van der Waals surface area (Å²) in [6, 6.07) is 6.46. The summed E-state index contributed by atoms with van der Waals surface area (Å²) >= 11 is 0. The first kappa shape index (κ1) is 15.3. The quantitative estimate of drug-likeness (QED) is 0.893. The molecule has 0 atom stereocenters. The van der Waals surface area contributed by atoms with Crippen LogP contribution >= 0.6 is 12.4 Å². The summed E-state index contributed by atoms with van der Waals surface area (Å²) in [4.78, 5) is 12.0. The smallest absolute Gasteiger partial charge is 0.223 e. The molecule has 3 rings (SSSR count). The van der Waals surface area contributed by atoms with Crippen molar-refractivity contribution in [3.05, 3.63) is 34.9 Å². The van der Waals surface area contributed by atoms with Gasteiger partial charge in [-0.2, -0.15) is 0 Å². The van der Waals surface area contributed by atoms with Gasteiger partial charge >= 0.3 is 0 Å². The van der Waals surface area contributed by atoms with Crippen molar-refractivity contribution in [1.29, 1.82) is 0 Å². The fraction of sp³-hybridized carbons (Fsp3) is 0.533. The number of ether oxygens (including phenoxy) is 1. The highest BCUT2D eigenvalue weighted by Gasteiger charge is 2.21. The molecule has 0 radical (unpaired) electrons. The van der Waals surface area contributed by atoms with Gasteiger partial charge in [-0.3, -0.25) is 4.79 Å². The van der Waals surface area contributed by atoms with Crippen molar-refractivity contribution in [2.24, 2.45) is 5.92 Å². The Labute approximate surface area is 125 Å². The Balaban J connectivity index is 0.00000147. The van der Waals surface area contributed by atoms with Crippen LogP contribution < -0.4 is 10.6 Å². The van der Waals surface area contributed by atoms with Crippen molar-refractivity contribution in [2.45, 2.75) is 32.5 Å². The number of nitrogens with one attached hydrogen (secondary N) is 2. The SMILES string of the molecule is Cl.O=C(NCc1ccc2c(c1)CNC2)C1CCOCC1. The topological polar surface area (TPSA) is 50.4 Å². The van der Waals surface area contributed by atoms with E-state index in [1.807, 2.05) is 0 Å². The van der Waals surface area contributed by atoms with Crippen LogP contribution in [-0.2, 0) is 29.2 Å². The molecule has 1 amide bonds. The zero-order valence-electron chi connectivity index (χ0n) is 11.5. The number of carbonyl (C=O) groups excluding carboxylic acids is 1. The molecule has 0 saturated carbocycles. The predicted molar refractivity (Wildman–Crippen MR) is 79.6 cm³/mol. The lowest BCUT2D eigenvalue weighted by Crippen LogP contribution is -2.33. The van der Waals surface area contributed by atoms with Gasteiger partial charge in [0, 0.05) is 38.8 Å². The monoisotopic (exact) mass is 296 g/mol. The molecule has 5 heteroatoms. The normalized spacial score (nSPS) is 18.2. The molecule has 1 saturated heterocycles.